The molecule has 0 spiro atoms. The van der Waals surface area contributed by atoms with Crippen LogP contribution in [0.5, 0.6) is 0 Å². The Bertz CT molecular complexity index is 766. The van der Waals surface area contributed by atoms with Crippen LogP contribution < -0.4 is 4.72 Å². The van der Waals surface area contributed by atoms with Crippen LogP contribution in [0.3, 0.4) is 0 Å². The summed E-state index contributed by atoms with van der Waals surface area (Å²) in [6.07, 6.45) is 0. The Morgan fingerprint density at radius 3 is 2.60 bits per heavy atom. The van der Waals surface area contributed by atoms with E-state index in [2.05, 4.69) is 20.7 Å². The first-order chi connectivity index (χ1) is 9.29. The van der Waals surface area contributed by atoms with Crippen molar-refractivity contribution in [3.63, 3.8) is 0 Å². The van der Waals surface area contributed by atoms with E-state index in [-0.39, 0.29) is 9.56 Å². The third-order valence-electron chi connectivity index (χ3n) is 2.43. The summed E-state index contributed by atoms with van der Waals surface area (Å²) in [5.74, 6) is -1.80. The minimum Gasteiger partial charge on any atom is -0.475 e. The number of rotatable bonds is 4. The topological polar surface area (TPSA) is 96.6 Å². The fraction of sp³-hybridized carbons (Fsp3) is 0.0833. The van der Waals surface area contributed by atoms with Crippen molar-refractivity contribution in [3.05, 3.63) is 46.3 Å². The van der Waals surface area contributed by atoms with Gasteiger partial charge in [0.05, 0.1) is 0 Å². The summed E-state index contributed by atoms with van der Waals surface area (Å²) in [4.78, 5) is 10.5. The van der Waals surface area contributed by atoms with Crippen LogP contribution in [0, 0.1) is 6.92 Å². The first kappa shape index (κ1) is 14.6. The predicted molar refractivity (Wildman–Crippen MR) is 75.4 cm³/mol. The van der Waals surface area contributed by atoms with Crippen LogP contribution in [-0.2, 0) is 10.0 Å². The van der Waals surface area contributed by atoms with E-state index in [0.717, 1.165) is 11.6 Å². The third-order valence-corrected chi connectivity index (χ3v) is 4.66. The van der Waals surface area contributed by atoms with Crippen molar-refractivity contribution in [2.24, 2.45) is 0 Å². The minimum atomic E-state index is -3.93. The first-order valence-corrected chi connectivity index (χ1v) is 7.69. The van der Waals surface area contributed by atoms with E-state index in [9.17, 15) is 13.2 Å². The van der Waals surface area contributed by atoms with Gasteiger partial charge in [-0.3, -0.25) is 4.72 Å². The van der Waals surface area contributed by atoms with Crippen LogP contribution in [0.15, 0.2) is 44.3 Å². The summed E-state index contributed by atoms with van der Waals surface area (Å²) in [7, 11) is -3.93. The molecule has 0 saturated carbocycles. The minimum absolute atomic E-state index is 0.157. The normalized spacial score (nSPS) is 11.3. The molecule has 0 radical (unpaired) electrons. The maximum atomic E-state index is 12.2. The molecule has 0 fully saturated rings. The smallest absolute Gasteiger partial charge is 0.371 e. The molecule has 0 atom stereocenters. The Morgan fingerprint density at radius 2 is 2.05 bits per heavy atom. The van der Waals surface area contributed by atoms with E-state index in [1.165, 1.54) is 0 Å². The van der Waals surface area contributed by atoms with Crippen molar-refractivity contribution in [2.45, 2.75) is 11.8 Å². The lowest BCUT2D eigenvalue weighted by Gasteiger charge is -2.07. The SMILES string of the molecule is Cc1cccc(NS(=O)(=O)c2cc(C(=O)O)oc2Br)c1. The number of halogens is 1. The first-order valence-electron chi connectivity index (χ1n) is 5.42. The second-order valence-corrected chi connectivity index (χ2v) is 6.40. The molecule has 6 nitrogen and oxygen atoms in total. The van der Waals surface area contributed by atoms with Gasteiger partial charge in [-0.05, 0) is 40.5 Å². The summed E-state index contributed by atoms with van der Waals surface area (Å²) in [5, 5.41) is 8.78. The van der Waals surface area contributed by atoms with Gasteiger partial charge in [0, 0.05) is 11.8 Å². The van der Waals surface area contributed by atoms with Gasteiger partial charge in [0.25, 0.3) is 10.0 Å². The monoisotopic (exact) mass is 359 g/mol. The van der Waals surface area contributed by atoms with Crippen LogP contribution >= 0.6 is 15.9 Å². The largest absolute Gasteiger partial charge is 0.475 e. The van der Waals surface area contributed by atoms with E-state index in [1.807, 2.05) is 13.0 Å². The van der Waals surface area contributed by atoms with Gasteiger partial charge in [0.2, 0.25) is 5.76 Å². The summed E-state index contributed by atoms with van der Waals surface area (Å²) < 4.78 is 31.4. The number of hydrogen-bond acceptors (Lipinski definition) is 4. The molecule has 0 aliphatic rings. The van der Waals surface area contributed by atoms with Crippen molar-refractivity contribution in [1.82, 2.24) is 0 Å². The molecule has 0 bridgehead atoms. The second-order valence-electron chi connectivity index (χ2n) is 4.03. The molecule has 2 rings (SSSR count). The molecular weight excluding hydrogens is 350 g/mol. The fourth-order valence-corrected chi connectivity index (χ4v) is 3.55. The van der Waals surface area contributed by atoms with Gasteiger partial charge in [-0.2, -0.15) is 0 Å². The highest BCUT2D eigenvalue weighted by molar-refractivity contribution is 9.10. The van der Waals surface area contributed by atoms with Gasteiger partial charge in [-0.15, -0.1) is 0 Å². The number of carboxylic acid groups (broad SMARTS) is 1. The average Bonchev–Trinajstić information content (AvgIpc) is 2.71. The highest BCUT2D eigenvalue weighted by atomic mass is 79.9. The van der Waals surface area contributed by atoms with E-state index in [0.29, 0.717) is 5.69 Å². The molecule has 0 aliphatic heterocycles. The molecule has 2 N–H and O–H groups in total. The lowest BCUT2D eigenvalue weighted by molar-refractivity contribution is 0.0661. The molecular formula is C12H10BrNO5S. The molecule has 0 amide bonds. The van der Waals surface area contributed by atoms with Crippen LogP contribution in [0.1, 0.15) is 16.1 Å². The number of aromatic carboxylic acids is 1. The Hall–Kier alpha value is -1.80. The molecule has 20 heavy (non-hydrogen) atoms. The lowest BCUT2D eigenvalue weighted by Crippen LogP contribution is -2.12. The van der Waals surface area contributed by atoms with Crippen molar-refractivity contribution in [3.8, 4) is 0 Å². The fourth-order valence-electron chi connectivity index (χ4n) is 1.56. The quantitative estimate of drug-likeness (QED) is 0.874. The number of hydrogen-bond donors (Lipinski definition) is 2. The van der Waals surface area contributed by atoms with E-state index in [4.69, 9.17) is 9.52 Å². The summed E-state index contributed by atoms with van der Waals surface area (Å²) in [5.41, 5.74) is 1.28. The maximum Gasteiger partial charge on any atom is 0.371 e. The number of anilines is 1. The van der Waals surface area contributed by atoms with Crippen LogP contribution in [0.2, 0.25) is 0 Å². The van der Waals surface area contributed by atoms with Crippen molar-refractivity contribution < 1.29 is 22.7 Å². The molecule has 0 unspecified atom stereocenters. The predicted octanol–water partition coefficient (Wildman–Crippen LogP) is 2.85. The number of carboxylic acids is 1. The lowest BCUT2D eigenvalue weighted by atomic mass is 10.2. The average molecular weight is 360 g/mol. The summed E-state index contributed by atoms with van der Waals surface area (Å²) >= 11 is 2.90. The Morgan fingerprint density at radius 1 is 1.35 bits per heavy atom. The highest BCUT2D eigenvalue weighted by Crippen LogP contribution is 2.28. The third kappa shape index (κ3) is 3.02. The zero-order valence-electron chi connectivity index (χ0n) is 10.3. The van der Waals surface area contributed by atoms with Gasteiger partial charge in [-0.1, -0.05) is 12.1 Å². The molecule has 106 valence electrons. The number of carbonyl (C=O) groups is 1. The van der Waals surface area contributed by atoms with Crippen molar-refractivity contribution in [2.75, 3.05) is 4.72 Å². The van der Waals surface area contributed by atoms with E-state index in [1.54, 1.807) is 18.2 Å². The molecule has 8 heteroatoms. The summed E-state index contributed by atoms with van der Waals surface area (Å²) in [6, 6.07) is 7.74. The highest BCUT2D eigenvalue weighted by Gasteiger charge is 2.24. The zero-order chi connectivity index (χ0) is 14.9. The van der Waals surface area contributed by atoms with Crippen LogP contribution in [-0.4, -0.2) is 19.5 Å². The van der Waals surface area contributed by atoms with Crippen LogP contribution in [0.25, 0.3) is 0 Å². The Kier molecular flexibility index (Phi) is 3.87. The molecule has 1 heterocycles. The van der Waals surface area contributed by atoms with Gasteiger partial charge >= 0.3 is 5.97 Å². The molecule has 1 aromatic heterocycles. The maximum absolute atomic E-state index is 12.2. The van der Waals surface area contributed by atoms with Crippen LogP contribution in [0.4, 0.5) is 5.69 Å². The number of benzene rings is 1. The standard InChI is InChI=1S/C12H10BrNO5S/c1-7-3-2-4-8(5-7)14-20(17,18)10-6-9(12(15)16)19-11(10)13/h2-6,14H,1H3,(H,15,16). The number of sulfonamides is 1. The van der Waals surface area contributed by atoms with Gasteiger partial charge in [0.15, 0.2) is 4.67 Å². The van der Waals surface area contributed by atoms with Gasteiger partial charge < -0.3 is 9.52 Å². The van der Waals surface area contributed by atoms with E-state index < -0.39 is 21.8 Å². The number of nitrogens with one attached hydrogen (secondary N) is 1. The Balaban J connectivity index is 2.38. The van der Waals surface area contributed by atoms with Gasteiger partial charge in [-0.25, -0.2) is 13.2 Å². The van der Waals surface area contributed by atoms with Crippen molar-refractivity contribution in [1.29, 1.82) is 0 Å². The Labute approximate surface area is 123 Å². The molecule has 0 saturated heterocycles. The zero-order valence-corrected chi connectivity index (χ0v) is 12.7. The van der Waals surface area contributed by atoms with Crippen molar-refractivity contribution >= 4 is 37.6 Å². The number of furan rings is 1. The number of aryl methyl sites for hydroxylation is 1. The molecule has 0 aliphatic carbocycles. The second kappa shape index (κ2) is 5.29. The molecule has 2 aromatic rings. The van der Waals surface area contributed by atoms with Gasteiger partial charge in [0.1, 0.15) is 4.90 Å². The summed E-state index contributed by atoms with van der Waals surface area (Å²) in [6.45, 7) is 1.83. The molecule has 1 aromatic carbocycles. The van der Waals surface area contributed by atoms with E-state index >= 15 is 0 Å².